The zero-order valence-electron chi connectivity index (χ0n) is 8.67. The van der Waals surface area contributed by atoms with Crippen molar-refractivity contribution in [1.29, 1.82) is 0 Å². The molecule has 4 nitrogen and oxygen atoms in total. The first-order valence-electron chi connectivity index (χ1n) is 4.67. The third-order valence-corrected chi connectivity index (χ3v) is 2.41. The summed E-state index contributed by atoms with van der Waals surface area (Å²) < 4.78 is 5.10. The van der Waals surface area contributed by atoms with E-state index in [2.05, 4.69) is 18.4 Å². The van der Waals surface area contributed by atoms with Gasteiger partial charge in [-0.25, -0.2) is 4.79 Å². The van der Waals surface area contributed by atoms with E-state index in [1.807, 2.05) is 0 Å². The molecule has 0 amide bonds. The van der Waals surface area contributed by atoms with Gasteiger partial charge in [-0.15, -0.1) is 0 Å². The number of carbonyl (C=O) groups is 1. The van der Waals surface area contributed by atoms with Crippen LogP contribution in [0.25, 0.3) is 0 Å². The Morgan fingerprint density at radius 2 is 2.21 bits per heavy atom. The van der Waals surface area contributed by atoms with Crippen LogP contribution in [-0.2, 0) is 19.3 Å². The van der Waals surface area contributed by atoms with Gasteiger partial charge < -0.3 is 4.74 Å². The summed E-state index contributed by atoms with van der Waals surface area (Å²) in [5.74, 6) is -0.517. The maximum atomic E-state index is 10.9. The molecule has 0 aromatic carbocycles. The van der Waals surface area contributed by atoms with Crippen molar-refractivity contribution < 1.29 is 19.3 Å². The molecule has 1 saturated heterocycles. The molecule has 1 rings (SSSR count). The molecular weight excluding hydrogens is 184 g/mol. The average molecular weight is 200 g/mol. The third kappa shape index (κ3) is 2.56. The van der Waals surface area contributed by atoms with Gasteiger partial charge in [0.2, 0.25) is 0 Å². The van der Waals surface area contributed by atoms with Crippen LogP contribution in [-0.4, -0.2) is 25.8 Å². The van der Waals surface area contributed by atoms with Crippen LogP contribution in [0.1, 0.15) is 20.3 Å². The monoisotopic (exact) mass is 200 g/mol. The summed E-state index contributed by atoms with van der Waals surface area (Å²) in [6.45, 7) is 8.83. The fraction of sp³-hybridized carbons (Fsp3) is 0.700. The van der Waals surface area contributed by atoms with Gasteiger partial charge in [-0.3, -0.25) is 4.89 Å². The van der Waals surface area contributed by atoms with Crippen molar-refractivity contribution in [3.63, 3.8) is 0 Å². The van der Waals surface area contributed by atoms with Crippen molar-refractivity contribution in [3.8, 4) is 0 Å². The molecule has 0 aliphatic carbocycles. The lowest BCUT2D eigenvalue weighted by atomic mass is 9.84. The maximum absolute atomic E-state index is 10.9. The van der Waals surface area contributed by atoms with Crippen LogP contribution in [0, 0.1) is 5.41 Å². The first kappa shape index (κ1) is 11.2. The number of hydrogen-bond donors (Lipinski definition) is 0. The van der Waals surface area contributed by atoms with E-state index in [-0.39, 0.29) is 5.41 Å². The van der Waals surface area contributed by atoms with E-state index in [1.165, 1.54) is 0 Å². The quantitative estimate of drug-likeness (QED) is 0.383. The zero-order valence-corrected chi connectivity index (χ0v) is 8.67. The molecule has 80 valence electrons. The molecule has 1 fully saturated rings. The molecule has 0 N–H and O–H groups in total. The van der Waals surface area contributed by atoms with Crippen molar-refractivity contribution in [2.45, 2.75) is 20.3 Å². The van der Waals surface area contributed by atoms with Crippen molar-refractivity contribution in [1.82, 2.24) is 0 Å². The van der Waals surface area contributed by atoms with E-state index < -0.39 is 5.97 Å². The Hall–Kier alpha value is -0.870. The summed E-state index contributed by atoms with van der Waals surface area (Å²) in [5, 5.41) is 0. The minimum atomic E-state index is -0.517. The normalized spacial score (nSPS) is 18.4. The molecule has 4 heteroatoms. The zero-order chi connectivity index (χ0) is 10.6. The second-order valence-electron chi connectivity index (χ2n) is 3.76. The van der Waals surface area contributed by atoms with Gasteiger partial charge >= 0.3 is 5.97 Å². The Balaban J connectivity index is 2.20. The second-order valence-corrected chi connectivity index (χ2v) is 3.76. The van der Waals surface area contributed by atoms with Gasteiger partial charge in [-0.1, -0.05) is 13.5 Å². The standard InChI is InChI=1S/C10H16O4/c1-4-10(5-12-6-10)7-13-14-9(11)8(2)3/h2,4-7H2,1,3H3. The van der Waals surface area contributed by atoms with Crippen LogP contribution in [0.2, 0.25) is 0 Å². The van der Waals surface area contributed by atoms with Crippen LogP contribution < -0.4 is 0 Å². The summed E-state index contributed by atoms with van der Waals surface area (Å²) >= 11 is 0. The first-order valence-corrected chi connectivity index (χ1v) is 4.67. The van der Waals surface area contributed by atoms with E-state index in [4.69, 9.17) is 9.62 Å². The van der Waals surface area contributed by atoms with Gasteiger partial charge in [0.25, 0.3) is 0 Å². The van der Waals surface area contributed by atoms with Gasteiger partial charge in [-0.05, 0) is 13.3 Å². The van der Waals surface area contributed by atoms with Crippen molar-refractivity contribution >= 4 is 5.97 Å². The highest BCUT2D eigenvalue weighted by Gasteiger charge is 2.37. The fourth-order valence-electron chi connectivity index (χ4n) is 1.06. The Bertz CT molecular complexity index is 225. The molecule has 1 aliphatic heterocycles. The van der Waals surface area contributed by atoms with Crippen LogP contribution in [0.15, 0.2) is 12.2 Å². The molecule has 1 heterocycles. The molecule has 0 unspecified atom stereocenters. The van der Waals surface area contributed by atoms with Crippen molar-refractivity contribution in [2.24, 2.45) is 5.41 Å². The molecular formula is C10H16O4. The average Bonchev–Trinajstić information content (AvgIpc) is 2.09. The topological polar surface area (TPSA) is 44.8 Å². The van der Waals surface area contributed by atoms with E-state index in [0.717, 1.165) is 6.42 Å². The molecule has 0 aromatic heterocycles. The highest BCUT2D eigenvalue weighted by Crippen LogP contribution is 2.31. The third-order valence-electron chi connectivity index (χ3n) is 2.41. The number of hydrogen-bond acceptors (Lipinski definition) is 4. The molecule has 0 bridgehead atoms. The predicted octanol–water partition coefficient (Wildman–Crippen LogP) is 1.46. The van der Waals surface area contributed by atoms with Crippen LogP contribution >= 0.6 is 0 Å². The van der Waals surface area contributed by atoms with Crippen LogP contribution in [0.4, 0.5) is 0 Å². The van der Waals surface area contributed by atoms with Gasteiger partial charge in [-0.2, -0.15) is 4.89 Å². The SMILES string of the molecule is C=C(C)C(=O)OOCC1(CC)COC1. The summed E-state index contributed by atoms with van der Waals surface area (Å²) in [6.07, 6.45) is 0.956. The highest BCUT2D eigenvalue weighted by molar-refractivity contribution is 5.86. The smallest absolute Gasteiger partial charge is 0.368 e. The van der Waals surface area contributed by atoms with Crippen LogP contribution in [0.3, 0.4) is 0 Å². The fourth-order valence-corrected chi connectivity index (χ4v) is 1.06. The minimum Gasteiger partial charge on any atom is -0.380 e. The predicted molar refractivity (Wildman–Crippen MR) is 50.4 cm³/mol. The lowest BCUT2D eigenvalue weighted by Gasteiger charge is -2.39. The number of rotatable bonds is 5. The molecule has 0 radical (unpaired) electrons. The van der Waals surface area contributed by atoms with Gasteiger partial charge in [0.05, 0.1) is 13.2 Å². The lowest BCUT2D eigenvalue weighted by Crippen LogP contribution is -2.45. The van der Waals surface area contributed by atoms with Gasteiger partial charge in [0, 0.05) is 11.0 Å². The summed E-state index contributed by atoms with van der Waals surface area (Å²) in [4.78, 5) is 20.4. The molecule has 0 atom stereocenters. The Morgan fingerprint density at radius 1 is 1.57 bits per heavy atom. The molecule has 14 heavy (non-hydrogen) atoms. The highest BCUT2D eigenvalue weighted by atomic mass is 17.2. The Labute approximate surface area is 83.8 Å². The Morgan fingerprint density at radius 3 is 2.57 bits per heavy atom. The van der Waals surface area contributed by atoms with E-state index in [1.54, 1.807) is 6.92 Å². The van der Waals surface area contributed by atoms with Crippen LogP contribution in [0.5, 0.6) is 0 Å². The minimum absolute atomic E-state index is 0.0371. The first-order chi connectivity index (χ1) is 6.59. The molecule has 0 aromatic rings. The largest absolute Gasteiger partial charge is 0.380 e. The van der Waals surface area contributed by atoms with Crippen molar-refractivity contribution in [2.75, 3.05) is 19.8 Å². The number of carbonyl (C=O) groups excluding carboxylic acids is 1. The Kier molecular flexibility index (Phi) is 3.66. The molecule has 0 saturated carbocycles. The second kappa shape index (κ2) is 4.57. The summed E-state index contributed by atoms with van der Waals surface area (Å²) in [7, 11) is 0. The lowest BCUT2D eigenvalue weighted by molar-refractivity contribution is -0.301. The summed E-state index contributed by atoms with van der Waals surface area (Å²) in [5.41, 5.74) is 0.371. The molecule has 0 spiro atoms. The summed E-state index contributed by atoms with van der Waals surface area (Å²) in [6, 6.07) is 0. The van der Waals surface area contributed by atoms with Gasteiger partial charge in [0.1, 0.15) is 6.61 Å². The van der Waals surface area contributed by atoms with E-state index in [9.17, 15) is 4.79 Å². The molecule has 1 aliphatic rings. The van der Waals surface area contributed by atoms with E-state index in [0.29, 0.717) is 25.4 Å². The van der Waals surface area contributed by atoms with Gasteiger partial charge in [0.15, 0.2) is 0 Å². The van der Waals surface area contributed by atoms with Crippen molar-refractivity contribution in [3.05, 3.63) is 12.2 Å². The maximum Gasteiger partial charge on any atom is 0.368 e. The van der Waals surface area contributed by atoms with E-state index >= 15 is 0 Å². The number of ether oxygens (including phenoxy) is 1.